The number of ether oxygens (including phenoxy) is 1. The van der Waals surface area contributed by atoms with Crippen LogP contribution in [-0.2, 0) is 11.3 Å². The van der Waals surface area contributed by atoms with E-state index in [0.717, 1.165) is 16.9 Å². The lowest BCUT2D eigenvalue weighted by Gasteiger charge is -2.17. The minimum absolute atomic E-state index is 0.162. The second kappa shape index (κ2) is 7.84. The molecule has 2 heterocycles. The van der Waals surface area contributed by atoms with Crippen LogP contribution in [0, 0.1) is 0 Å². The minimum Gasteiger partial charge on any atom is -0.488 e. The smallest absolute Gasteiger partial charge is 0.291 e. The van der Waals surface area contributed by atoms with E-state index in [4.69, 9.17) is 9.15 Å². The number of furan rings is 1. The van der Waals surface area contributed by atoms with E-state index in [1.807, 2.05) is 42.5 Å². The molecule has 28 heavy (non-hydrogen) atoms. The summed E-state index contributed by atoms with van der Waals surface area (Å²) in [6, 6.07) is 18.1. The van der Waals surface area contributed by atoms with Gasteiger partial charge in [0.25, 0.3) is 11.8 Å². The summed E-state index contributed by atoms with van der Waals surface area (Å²) < 4.78 is 10.7. The molecule has 4 rings (SSSR count). The molecule has 3 aromatic rings. The second-order valence-corrected chi connectivity index (χ2v) is 6.31. The Kier molecular flexibility index (Phi) is 4.93. The summed E-state index contributed by atoms with van der Waals surface area (Å²) in [6.07, 6.45) is 3.30. The topological polar surface area (TPSA) is 80.6 Å². The van der Waals surface area contributed by atoms with Gasteiger partial charge in [0.15, 0.2) is 5.76 Å². The molecule has 0 aliphatic carbocycles. The van der Waals surface area contributed by atoms with E-state index in [-0.39, 0.29) is 24.2 Å². The summed E-state index contributed by atoms with van der Waals surface area (Å²) in [4.78, 5) is 24.4. The summed E-state index contributed by atoms with van der Waals surface area (Å²) in [6.45, 7) is 0.630. The summed E-state index contributed by atoms with van der Waals surface area (Å²) in [5.74, 6) is 0.562. The van der Waals surface area contributed by atoms with Crippen LogP contribution in [0.4, 0.5) is 5.69 Å². The number of fused-ring (bicyclic) bond motifs is 1. The lowest BCUT2D eigenvalue weighted by atomic mass is 10.1. The number of hydrogen-bond donors (Lipinski definition) is 2. The third-order valence-corrected chi connectivity index (χ3v) is 4.33. The van der Waals surface area contributed by atoms with Gasteiger partial charge in [-0.15, -0.1) is 0 Å². The number of anilines is 1. The van der Waals surface area contributed by atoms with Gasteiger partial charge in [-0.2, -0.15) is 0 Å². The maximum atomic E-state index is 12.4. The number of para-hydroxylation sites is 1. The fourth-order valence-corrected chi connectivity index (χ4v) is 2.85. The third kappa shape index (κ3) is 3.96. The predicted molar refractivity (Wildman–Crippen MR) is 105 cm³/mol. The monoisotopic (exact) mass is 374 g/mol. The van der Waals surface area contributed by atoms with Crippen molar-refractivity contribution in [2.75, 3.05) is 11.9 Å². The van der Waals surface area contributed by atoms with Gasteiger partial charge in [0.2, 0.25) is 0 Å². The van der Waals surface area contributed by atoms with Gasteiger partial charge in [0, 0.05) is 17.8 Å². The number of nitrogens with one attached hydrogen (secondary N) is 2. The van der Waals surface area contributed by atoms with Crippen LogP contribution in [-0.4, -0.2) is 18.4 Å². The van der Waals surface area contributed by atoms with Crippen molar-refractivity contribution in [3.8, 4) is 5.75 Å². The highest BCUT2D eigenvalue weighted by atomic mass is 16.5. The quantitative estimate of drug-likeness (QED) is 0.715. The van der Waals surface area contributed by atoms with Crippen LogP contribution in [0.25, 0.3) is 6.08 Å². The molecular weight excluding hydrogens is 356 g/mol. The van der Waals surface area contributed by atoms with Gasteiger partial charge in [0.05, 0.1) is 11.8 Å². The lowest BCUT2D eigenvalue weighted by molar-refractivity contribution is -0.117. The molecule has 0 radical (unpaired) electrons. The van der Waals surface area contributed by atoms with Crippen molar-refractivity contribution in [1.29, 1.82) is 0 Å². The molecule has 6 heteroatoms. The molecule has 0 unspecified atom stereocenters. The van der Waals surface area contributed by atoms with E-state index in [1.54, 1.807) is 24.3 Å². The van der Waals surface area contributed by atoms with E-state index in [9.17, 15) is 9.59 Å². The van der Waals surface area contributed by atoms with Gasteiger partial charge in [-0.1, -0.05) is 30.3 Å². The average molecular weight is 374 g/mol. The van der Waals surface area contributed by atoms with Crippen LogP contribution in [0.1, 0.15) is 21.7 Å². The van der Waals surface area contributed by atoms with Crippen LogP contribution in [0.2, 0.25) is 0 Å². The fraction of sp³-hybridized carbons (Fsp3) is 0.0909. The van der Waals surface area contributed by atoms with Crippen LogP contribution in [0.3, 0.4) is 0 Å². The van der Waals surface area contributed by atoms with Crippen molar-refractivity contribution in [1.82, 2.24) is 5.32 Å². The first-order valence-corrected chi connectivity index (χ1v) is 8.83. The summed E-state index contributed by atoms with van der Waals surface area (Å²) in [5.41, 5.74) is 3.05. The van der Waals surface area contributed by atoms with E-state index >= 15 is 0 Å². The maximum absolute atomic E-state index is 12.4. The summed E-state index contributed by atoms with van der Waals surface area (Å²) in [5, 5.41) is 5.64. The highest BCUT2D eigenvalue weighted by molar-refractivity contribution is 6.02. The normalized spacial score (nSPS) is 12.4. The standard InChI is InChI=1S/C22H18N2O4/c25-21(17-12-16-4-1-2-5-19(16)28-14-17)23-13-15-7-9-18(10-8-15)24-22(26)20-6-3-11-27-20/h1-12H,13-14H2,(H,23,25)(H,24,26). The van der Waals surface area contributed by atoms with Crippen LogP contribution >= 0.6 is 0 Å². The van der Waals surface area contributed by atoms with Gasteiger partial charge < -0.3 is 19.8 Å². The predicted octanol–water partition coefficient (Wildman–Crippen LogP) is 3.62. The SMILES string of the molecule is O=C(NCc1ccc(NC(=O)c2ccco2)cc1)C1=Cc2ccccc2OC1. The van der Waals surface area contributed by atoms with Crippen LogP contribution in [0.15, 0.2) is 76.9 Å². The van der Waals surface area contributed by atoms with Crippen molar-refractivity contribution in [2.45, 2.75) is 6.54 Å². The van der Waals surface area contributed by atoms with Crippen molar-refractivity contribution < 1.29 is 18.7 Å². The van der Waals surface area contributed by atoms with E-state index in [1.165, 1.54) is 6.26 Å². The number of rotatable bonds is 5. The van der Waals surface area contributed by atoms with Crippen LogP contribution in [0.5, 0.6) is 5.75 Å². The number of benzene rings is 2. The molecule has 0 saturated carbocycles. The Bertz CT molecular complexity index is 1020. The summed E-state index contributed by atoms with van der Waals surface area (Å²) >= 11 is 0. The largest absolute Gasteiger partial charge is 0.488 e. The average Bonchev–Trinajstić information content (AvgIpc) is 3.28. The first-order valence-electron chi connectivity index (χ1n) is 8.83. The van der Waals surface area contributed by atoms with Crippen molar-refractivity contribution in [3.05, 3.63) is 89.4 Å². The number of carbonyl (C=O) groups excluding carboxylic acids is 2. The Morgan fingerprint density at radius 1 is 0.929 bits per heavy atom. The molecule has 0 saturated heterocycles. The molecule has 1 aliphatic rings. The molecular formula is C22H18N2O4. The van der Waals surface area contributed by atoms with Gasteiger partial charge in [-0.25, -0.2) is 0 Å². The second-order valence-electron chi connectivity index (χ2n) is 6.31. The lowest BCUT2D eigenvalue weighted by Crippen LogP contribution is -2.28. The van der Waals surface area contributed by atoms with Gasteiger partial charge in [-0.05, 0) is 42.0 Å². The molecule has 140 valence electrons. The zero-order valence-corrected chi connectivity index (χ0v) is 15.0. The number of hydrogen-bond acceptors (Lipinski definition) is 4. The first-order chi connectivity index (χ1) is 13.7. The molecule has 2 amide bonds. The van der Waals surface area contributed by atoms with Gasteiger partial charge >= 0.3 is 0 Å². The van der Waals surface area contributed by atoms with Crippen molar-refractivity contribution in [2.24, 2.45) is 0 Å². The van der Waals surface area contributed by atoms with E-state index in [2.05, 4.69) is 10.6 Å². The third-order valence-electron chi connectivity index (χ3n) is 4.33. The maximum Gasteiger partial charge on any atom is 0.291 e. The van der Waals surface area contributed by atoms with Gasteiger partial charge in [-0.3, -0.25) is 9.59 Å². The zero-order valence-electron chi connectivity index (χ0n) is 15.0. The first kappa shape index (κ1) is 17.6. The van der Waals surface area contributed by atoms with Crippen molar-refractivity contribution in [3.63, 3.8) is 0 Å². The van der Waals surface area contributed by atoms with Crippen LogP contribution < -0.4 is 15.4 Å². The minimum atomic E-state index is -0.310. The molecule has 0 bridgehead atoms. The number of amides is 2. The molecule has 2 N–H and O–H groups in total. The molecule has 1 aromatic heterocycles. The fourth-order valence-electron chi connectivity index (χ4n) is 2.85. The van der Waals surface area contributed by atoms with Crippen molar-refractivity contribution >= 4 is 23.6 Å². The van der Waals surface area contributed by atoms with Gasteiger partial charge in [0.1, 0.15) is 12.4 Å². The highest BCUT2D eigenvalue weighted by Crippen LogP contribution is 2.25. The van der Waals surface area contributed by atoms with E-state index < -0.39 is 0 Å². The Labute approximate surface area is 161 Å². The molecule has 1 aliphatic heterocycles. The van der Waals surface area contributed by atoms with E-state index in [0.29, 0.717) is 17.8 Å². The Morgan fingerprint density at radius 2 is 1.75 bits per heavy atom. The molecule has 6 nitrogen and oxygen atoms in total. The molecule has 2 aromatic carbocycles. The molecule has 0 atom stereocenters. The summed E-state index contributed by atoms with van der Waals surface area (Å²) in [7, 11) is 0. The Hall–Kier alpha value is -3.80. The zero-order chi connectivity index (χ0) is 19.3. The Morgan fingerprint density at radius 3 is 2.54 bits per heavy atom. The Balaban J connectivity index is 1.33. The highest BCUT2D eigenvalue weighted by Gasteiger charge is 2.16. The molecule has 0 fully saturated rings. The molecule has 0 spiro atoms. The number of carbonyl (C=O) groups is 2.